The van der Waals surface area contributed by atoms with Gasteiger partial charge < -0.3 is 10.2 Å². The average molecular weight is 381 g/mol. The first-order valence-electron chi connectivity index (χ1n) is 9.34. The molecule has 144 valence electrons. The molecule has 0 spiro atoms. The second-order valence-electron chi connectivity index (χ2n) is 6.96. The first kappa shape index (κ1) is 18.2. The lowest BCUT2D eigenvalue weighted by Gasteiger charge is -2.19. The van der Waals surface area contributed by atoms with Crippen LogP contribution in [0, 0.1) is 5.82 Å². The molecule has 0 unspecified atom stereocenters. The summed E-state index contributed by atoms with van der Waals surface area (Å²) in [5.74, 6) is -1.78. The van der Waals surface area contributed by atoms with E-state index in [2.05, 4.69) is 10.2 Å². The second kappa shape index (κ2) is 7.42. The molecule has 0 radical (unpaired) electrons. The van der Waals surface area contributed by atoms with Crippen LogP contribution in [-0.2, 0) is 4.79 Å². The maximum absolute atomic E-state index is 14.1. The van der Waals surface area contributed by atoms with Crippen LogP contribution >= 0.6 is 0 Å². The molecule has 0 saturated carbocycles. The summed E-state index contributed by atoms with van der Waals surface area (Å²) in [5.41, 5.74) is 1.67. The molecule has 0 aliphatic carbocycles. The molecule has 7 heteroatoms. The summed E-state index contributed by atoms with van der Waals surface area (Å²) in [7, 11) is 0. The molecule has 6 nitrogen and oxygen atoms in total. The normalized spacial score (nSPS) is 15.9. The molecule has 4 rings (SSSR count). The Morgan fingerprint density at radius 1 is 1.00 bits per heavy atom. The smallest absolute Gasteiger partial charge is 0.261 e. The van der Waals surface area contributed by atoms with E-state index in [0.717, 1.165) is 36.5 Å². The van der Waals surface area contributed by atoms with Gasteiger partial charge in [0.15, 0.2) is 0 Å². The van der Waals surface area contributed by atoms with E-state index in [1.54, 1.807) is 36.4 Å². The number of halogens is 1. The molecule has 1 N–H and O–H groups in total. The largest absolute Gasteiger partial charge is 0.371 e. The third kappa shape index (κ3) is 3.35. The van der Waals surface area contributed by atoms with Gasteiger partial charge in [-0.1, -0.05) is 12.1 Å². The molecule has 2 aromatic carbocycles. The molecule has 2 heterocycles. The Labute approximate surface area is 161 Å². The number of imide groups is 1. The Morgan fingerprint density at radius 2 is 1.64 bits per heavy atom. The fourth-order valence-electron chi connectivity index (χ4n) is 3.65. The zero-order chi connectivity index (χ0) is 19.7. The van der Waals surface area contributed by atoms with Gasteiger partial charge in [-0.15, -0.1) is 0 Å². The molecule has 2 aliphatic heterocycles. The van der Waals surface area contributed by atoms with Crippen molar-refractivity contribution < 1.29 is 18.8 Å². The number of rotatable bonds is 5. The zero-order valence-electron chi connectivity index (χ0n) is 15.3. The highest BCUT2D eigenvalue weighted by Gasteiger charge is 2.35. The predicted molar refractivity (Wildman–Crippen MR) is 103 cm³/mol. The van der Waals surface area contributed by atoms with Crippen LogP contribution in [0.25, 0.3) is 0 Å². The fourth-order valence-corrected chi connectivity index (χ4v) is 3.65. The first-order valence-corrected chi connectivity index (χ1v) is 9.34. The van der Waals surface area contributed by atoms with Gasteiger partial charge in [0.1, 0.15) is 5.82 Å². The Kier molecular flexibility index (Phi) is 4.81. The van der Waals surface area contributed by atoms with E-state index in [1.165, 1.54) is 6.07 Å². The van der Waals surface area contributed by atoms with Gasteiger partial charge in [-0.25, -0.2) is 4.39 Å². The van der Waals surface area contributed by atoms with Gasteiger partial charge in [-0.05, 0) is 43.2 Å². The topological polar surface area (TPSA) is 69.7 Å². The number of carbonyl (C=O) groups excluding carboxylic acids is 3. The Morgan fingerprint density at radius 3 is 2.29 bits per heavy atom. The highest BCUT2D eigenvalue weighted by Crippen LogP contribution is 2.26. The highest BCUT2D eigenvalue weighted by molar-refractivity contribution is 6.21. The number of hydrogen-bond donors (Lipinski definition) is 1. The van der Waals surface area contributed by atoms with E-state index in [9.17, 15) is 18.8 Å². The summed E-state index contributed by atoms with van der Waals surface area (Å²) >= 11 is 0. The number of nitrogens with one attached hydrogen (secondary N) is 1. The summed E-state index contributed by atoms with van der Waals surface area (Å²) < 4.78 is 14.1. The second-order valence-corrected chi connectivity index (χ2v) is 6.96. The van der Waals surface area contributed by atoms with Crippen LogP contribution in [0.3, 0.4) is 0 Å². The van der Waals surface area contributed by atoms with Crippen molar-refractivity contribution in [3.63, 3.8) is 0 Å². The van der Waals surface area contributed by atoms with Gasteiger partial charge in [0.05, 0.1) is 16.8 Å². The van der Waals surface area contributed by atoms with E-state index in [0.29, 0.717) is 11.1 Å². The summed E-state index contributed by atoms with van der Waals surface area (Å²) in [6.45, 7) is 1.78. The SMILES string of the molecule is O=C(CCN1C(=O)c2ccccc2C1=O)Nc1cc(N2CCCC2)ccc1F. The summed E-state index contributed by atoms with van der Waals surface area (Å²) in [5, 5.41) is 2.56. The monoisotopic (exact) mass is 381 g/mol. The number of anilines is 2. The minimum atomic E-state index is -0.517. The van der Waals surface area contributed by atoms with E-state index in [4.69, 9.17) is 0 Å². The van der Waals surface area contributed by atoms with E-state index in [1.807, 2.05) is 0 Å². The van der Waals surface area contributed by atoms with Gasteiger partial charge in [-0.2, -0.15) is 0 Å². The Balaban J connectivity index is 1.40. The number of nitrogens with zero attached hydrogens (tertiary/aromatic N) is 2. The van der Waals surface area contributed by atoms with Gasteiger partial charge >= 0.3 is 0 Å². The van der Waals surface area contributed by atoms with Crippen molar-refractivity contribution in [1.29, 1.82) is 0 Å². The van der Waals surface area contributed by atoms with Crippen molar-refractivity contribution in [1.82, 2.24) is 4.90 Å². The van der Waals surface area contributed by atoms with Gasteiger partial charge in [0.2, 0.25) is 5.91 Å². The Hall–Kier alpha value is -3.22. The third-order valence-electron chi connectivity index (χ3n) is 5.14. The van der Waals surface area contributed by atoms with E-state index >= 15 is 0 Å². The van der Waals surface area contributed by atoms with Crippen LogP contribution in [-0.4, -0.2) is 42.3 Å². The van der Waals surface area contributed by atoms with Crippen molar-refractivity contribution in [3.05, 3.63) is 59.4 Å². The lowest BCUT2D eigenvalue weighted by Crippen LogP contribution is -2.33. The maximum atomic E-state index is 14.1. The highest BCUT2D eigenvalue weighted by atomic mass is 19.1. The van der Waals surface area contributed by atoms with Crippen LogP contribution in [0.5, 0.6) is 0 Å². The lowest BCUT2D eigenvalue weighted by atomic mass is 10.1. The van der Waals surface area contributed by atoms with Gasteiger partial charge in [-0.3, -0.25) is 19.3 Å². The standard InChI is InChI=1S/C21H20FN3O3/c22-17-8-7-14(24-10-3-4-11-24)13-18(17)23-19(26)9-12-25-20(27)15-5-1-2-6-16(15)21(25)28/h1-2,5-8,13H,3-4,9-12H2,(H,23,26). The molecule has 3 amide bonds. The average Bonchev–Trinajstić information content (AvgIpc) is 3.31. The zero-order valence-corrected chi connectivity index (χ0v) is 15.3. The summed E-state index contributed by atoms with van der Waals surface area (Å²) in [6.07, 6.45) is 2.09. The van der Waals surface area contributed by atoms with Gasteiger partial charge in [0, 0.05) is 31.7 Å². The number of carbonyl (C=O) groups is 3. The Bertz CT molecular complexity index is 919. The van der Waals surface area contributed by atoms with E-state index in [-0.39, 0.29) is 18.7 Å². The molecule has 1 saturated heterocycles. The molecule has 28 heavy (non-hydrogen) atoms. The quantitative estimate of drug-likeness (QED) is 0.809. The van der Waals surface area contributed by atoms with Gasteiger partial charge in [0.25, 0.3) is 11.8 Å². The minimum Gasteiger partial charge on any atom is -0.371 e. The molecule has 2 aliphatic rings. The number of benzene rings is 2. The lowest BCUT2D eigenvalue weighted by molar-refractivity contribution is -0.116. The molecule has 0 bridgehead atoms. The number of amides is 3. The minimum absolute atomic E-state index is 0.0500. The summed E-state index contributed by atoms with van der Waals surface area (Å²) in [6, 6.07) is 11.2. The first-order chi connectivity index (χ1) is 13.5. The van der Waals surface area contributed by atoms with Crippen LogP contribution in [0.2, 0.25) is 0 Å². The number of hydrogen-bond acceptors (Lipinski definition) is 4. The van der Waals surface area contributed by atoms with Crippen molar-refractivity contribution in [2.45, 2.75) is 19.3 Å². The molecule has 0 atom stereocenters. The van der Waals surface area contributed by atoms with Crippen molar-refractivity contribution in [2.24, 2.45) is 0 Å². The predicted octanol–water partition coefficient (Wildman–Crippen LogP) is 3.05. The van der Waals surface area contributed by atoms with Crippen LogP contribution < -0.4 is 10.2 Å². The summed E-state index contributed by atoms with van der Waals surface area (Å²) in [4.78, 5) is 40.2. The maximum Gasteiger partial charge on any atom is 0.261 e. The van der Waals surface area contributed by atoms with E-state index < -0.39 is 23.5 Å². The van der Waals surface area contributed by atoms with Crippen LogP contribution in [0.4, 0.5) is 15.8 Å². The van der Waals surface area contributed by atoms with Crippen molar-refractivity contribution >= 4 is 29.1 Å². The van der Waals surface area contributed by atoms with Crippen molar-refractivity contribution in [2.75, 3.05) is 29.9 Å². The molecular formula is C21H20FN3O3. The molecule has 0 aromatic heterocycles. The molecular weight excluding hydrogens is 361 g/mol. The van der Waals surface area contributed by atoms with Crippen LogP contribution in [0.15, 0.2) is 42.5 Å². The molecule has 2 aromatic rings. The van der Waals surface area contributed by atoms with Crippen molar-refractivity contribution in [3.8, 4) is 0 Å². The number of fused-ring (bicyclic) bond motifs is 1. The third-order valence-corrected chi connectivity index (χ3v) is 5.14. The fraction of sp³-hybridized carbons (Fsp3) is 0.286. The molecule has 1 fully saturated rings. The van der Waals surface area contributed by atoms with Crippen LogP contribution in [0.1, 0.15) is 40.0 Å².